The molecule has 0 aromatic heterocycles. The zero-order valence-electron chi connectivity index (χ0n) is 7.53. The number of rotatable bonds is 2. The van der Waals surface area contributed by atoms with Crippen LogP contribution in [0.2, 0.25) is 0 Å². The second kappa shape index (κ2) is 8.47. The fourth-order valence-electron chi connectivity index (χ4n) is 0.611. The number of unbranched alkanes of at least 4 members (excludes halogenated alkanes) is 1. The van der Waals surface area contributed by atoms with Crippen molar-refractivity contribution in [1.29, 1.82) is 0 Å². The van der Waals surface area contributed by atoms with Crippen LogP contribution in [-0.2, 0) is 0 Å². The highest BCUT2D eigenvalue weighted by Crippen LogP contribution is 1.95. The fraction of sp³-hybridized carbons (Fsp3) is 0.400. The molecule has 0 fully saturated rings. The van der Waals surface area contributed by atoms with Crippen molar-refractivity contribution in [3.8, 4) is 0 Å². The maximum Gasteiger partial charge on any atom is 0.0313 e. The molecule has 1 aromatic rings. The number of hydrogen-bond acceptors (Lipinski definition) is 2. The van der Waals surface area contributed by atoms with Crippen LogP contribution in [0.4, 0.5) is 5.69 Å². The molecule has 2 N–H and O–H groups in total. The van der Waals surface area contributed by atoms with Crippen molar-refractivity contribution < 1.29 is 0 Å². The van der Waals surface area contributed by atoms with E-state index in [9.17, 15) is 0 Å². The zero-order chi connectivity index (χ0) is 9.23. The first-order chi connectivity index (χ1) is 5.81. The third-order valence-corrected chi connectivity index (χ3v) is 1.63. The quantitative estimate of drug-likeness (QED) is 0.535. The van der Waals surface area contributed by atoms with Gasteiger partial charge in [-0.25, -0.2) is 0 Å². The maximum atomic E-state index is 5.36. The summed E-state index contributed by atoms with van der Waals surface area (Å²) in [6.45, 7) is 2.16. The average molecular weight is 183 g/mol. The standard InChI is InChI=1S/C6H7N.C4H10S/c7-6-4-2-1-3-5-6;1-2-3-4-5/h1-5H,7H2;5H,2-4H2,1H3. The van der Waals surface area contributed by atoms with Gasteiger partial charge in [0.2, 0.25) is 0 Å². The van der Waals surface area contributed by atoms with Gasteiger partial charge in [0.1, 0.15) is 0 Å². The van der Waals surface area contributed by atoms with Gasteiger partial charge in [0.15, 0.2) is 0 Å². The Labute approximate surface area is 80.4 Å². The van der Waals surface area contributed by atoms with Crippen LogP contribution in [-0.4, -0.2) is 5.75 Å². The van der Waals surface area contributed by atoms with E-state index in [2.05, 4.69) is 19.6 Å². The molecule has 0 spiro atoms. The second-order valence-corrected chi connectivity index (χ2v) is 2.94. The summed E-state index contributed by atoms with van der Waals surface area (Å²) in [6, 6.07) is 9.49. The van der Waals surface area contributed by atoms with E-state index in [4.69, 9.17) is 5.73 Å². The van der Waals surface area contributed by atoms with Gasteiger partial charge in [-0.2, -0.15) is 12.6 Å². The van der Waals surface area contributed by atoms with Gasteiger partial charge in [0, 0.05) is 5.69 Å². The van der Waals surface area contributed by atoms with Gasteiger partial charge < -0.3 is 5.73 Å². The van der Waals surface area contributed by atoms with Crippen LogP contribution in [0, 0.1) is 0 Å². The lowest BCUT2D eigenvalue weighted by Crippen LogP contribution is -1.79. The monoisotopic (exact) mass is 183 g/mol. The Morgan fingerprint density at radius 1 is 1.25 bits per heavy atom. The van der Waals surface area contributed by atoms with Crippen molar-refractivity contribution in [3.05, 3.63) is 30.3 Å². The summed E-state index contributed by atoms with van der Waals surface area (Å²) < 4.78 is 0. The summed E-state index contributed by atoms with van der Waals surface area (Å²) >= 11 is 4.00. The number of nitrogens with two attached hydrogens (primary N) is 1. The Bertz CT molecular complexity index is 172. The summed E-state index contributed by atoms with van der Waals surface area (Å²) in [4.78, 5) is 0. The molecule has 1 aromatic carbocycles. The van der Waals surface area contributed by atoms with Crippen LogP contribution in [0.1, 0.15) is 19.8 Å². The van der Waals surface area contributed by atoms with Crippen LogP contribution < -0.4 is 5.73 Å². The zero-order valence-corrected chi connectivity index (χ0v) is 8.43. The molecule has 0 amide bonds. The van der Waals surface area contributed by atoms with Gasteiger partial charge in [-0.1, -0.05) is 31.5 Å². The molecule has 1 nitrogen and oxygen atoms in total. The lowest BCUT2D eigenvalue weighted by atomic mass is 10.3. The molecule has 0 aliphatic rings. The molecular weight excluding hydrogens is 166 g/mol. The lowest BCUT2D eigenvalue weighted by Gasteiger charge is -1.83. The van der Waals surface area contributed by atoms with E-state index in [1.54, 1.807) is 0 Å². The highest BCUT2D eigenvalue weighted by atomic mass is 32.1. The van der Waals surface area contributed by atoms with Crippen molar-refractivity contribution in [2.75, 3.05) is 11.5 Å². The molecule has 0 heterocycles. The van der Waals surface area contributed by atoms with E-state index in [0.717, 1.165) is 11.4 Å². The van der Waals surface area contributed by atoms with Crippen LogP contribution in [0.3, 0.4) is 0 Å². The molecule has 0 radical (unpaired) electrons. The topological polar surface area (TPSA) is 26.0 Å². The van der Waals surface area contributed by atoms with Crippen molar-refractivity contribution in [2.45, 2.75) is 19.8 Å². The van der Waals surface area contributed by atoms with Crippen molar-refractivity contribution in [1.82, 2.24) is 0 Å². The molecule has 0 bridgehead atoms. The summed E-state index contributed by atoms with van der Waals surface area (Å²) in [6.07, 6.45) is 2.52. The second-order valence-electron chi connectivity index (χ2n) is 2.49. The summed E-state index contributed by atoms with van der Waals surface area (Å²) in [5.74, 6) is 1.04. The van der Waals surface area contributed by atoms with E-state index in [1.165, 1.54) is 12.8 Å². The number of nitrogen functional groups attached to an aromatic ring is 1. The summed E-state index contributed by atoms with van der Waals surface area (Å²) in [5.41, 5.74) is 6.18. The minimum atomic E-state index is 0.822. The van der Waals surface area contributed by atoms with Crippen molar-refractivity contribution in [3.63, 3.8) is 0 Å². The predicted molar refractivity (Wildman–Crippen MR) is 59.6 cm³/mol. The van der Waals surface area contributed by atoms with Gasteiger partial charge in [-0.05, 0) is 24.3 Å². The molecule has 0 unspecified atom stereocenters. The van der Waals surface area contributed by atoms with E-state index >= 15 is 0 Å². The van der Waals surface area contributed by atoms with Crippen LogP contribution in [0.5, 0.6) is 0 Å². The fourth-order valence-corrected chi connectivity index (χ4v) is 0.927. The average Bonchev–Trinajstić information content (AvgIpc) is 2.08. The van der Waals surface area contributed by atoms with E-state index in [1.807, 2.05) is 30.3 Å². The maximum absolute atomic E-state index is 5.36. The largest absolute Gasteiger partial charge is 0.399 e. The highest BCUT2D eigenvalue weighted by Gasteiger charge is 1.72. The Kier molecular flexibility index (Phi) is 8.02. The molecule has 2 heteroatoms. The number of benzene rings is 1. The smallest absolute Gasteiger partial charge is 0.0313 e. The minimum absolute atomic E-state index is 0.822. The van der Waals surface area contributed by atoms with Crippen molar-refractivity contribution >= 4 is 18.3 Å². The molecule has 0 aliphatic carbocycles. The molecule has 1 rings (SSSR count). The summed E-state index contributed by atoms with van der Waals surface area (Å²) in [5, 5.41) is 0. The molecule has 0 saturated heterocycles. The lowest BCUT2D eigenvalue weighted by molar-refractivity contribution is 0.899. The van der Waals surface area contributed by atoms with Gasteiger partial charge >= 0.3 is 0 Å². The van der Waals surface area contributed by atoms with Gasteiger partial charge in [-0.15, -0.1) is 0 Å². The molecule has 12 heavy (non-hydrogen) atoms. The van der Waals surface area contributed by atoms with E-state index in [0.29, 0.717) is 0 Å². The minimum Gasteiger partial charge on any atom is -0.399 e. The Hall–Kier alpha value is -0.630. The Morgan fingerprint density at radius 3 is 2.00 bits per heavy atom. The molecule has 0 atom stereocenters. The third kappa shape index (κ3) is 7.48. The van der Waals surface area contributed by atoms with E-state index in [-0.39, 0.29) is 0 Å². The number of anilines is 1. The van der Waals surface area contributed by atoms with Crippen molar-refractivity contribution in [2.24, 2.45) is 0 Å². The third-order valence-electron chi connectivity index (χ3n) is 1.31. The Morgan fingerprint density at radius 2 is 1.83 bits per heavy atom. The van der Waals surface area contributed by atoms with E-state index < -0.39 is 0 Å². The normalized spacial score (nSPS) is 8.50. The molecular formula is C10H17NS. The van der Waals surface area contributed by atoms with Crippen LogP contribution >= 0.6 is 12.6 Å². The van der Waals surface area contributed by atoms with Crippen LogP contribution in [0.25, 0.3) is 0 Å². The first kappa shape index (κ1) is 11.4. The summed E-state index contributed by atoms with van der Waals surface area (Å²) in [7, 11) is 0. The first-order valence-corrected chi connectivity index (χ1v) is 4.86. The molecule has 0 aliphatic heterocycles. The number of thiol groups is 1. The van der Waals surface area contributed by atoms with Gasteiger partial charge in [-0.3, -0.25) is 0 Å². The molecule has 0 saturated carbocycles. The predicted octanol–water partition coefficient (Wildman–Crippen LogP) is 2.99. The Balaban J connectivity index is 0.000000217. The number of hydrogen-bond donors (Lipinski definition) is 2. The first-order valence-electron chi connectivity index (χ1n) is 4.22. The van der Waals surface area contributed by atoms with Gasteiger partial charge in [0.05, 0.1) is 0 Å². The number of para-hydroxylation sites is 1. The van der Waals surface area contributed by atoms with Gasteiger partial charge in [0.25, 0.3) is 0 Å². The van der Waals surface area contributed by atoms with Crippen LogP contribution in [0.15, 0.2) is 30.3 Å². The highest BCUT2D eigenvalue weighted by molar-refractivity contribution is 7.80. The SMILES string of the molecule is CCCCS.Nc1ccccc1. The molecule has 68 valence electrons.